The molecule has 7 nitrogen and oxygen atoms in total. The van der Waals surface area contributed by atoms with Crippen LogP contribution in [0.4, 0.5) is 4.79 Å². The summed E-state index contributed by atoms with van der Waals surface area (Å²) < 4.78 is 9.91. The summed E-state index contributed by atoms with van der Waals surface area (Å²) >= 11 is 5.73. The SMILES string of the molecule is O=C(COC(=O)COc1ccc(Cl)cc1)NC(=O)NCc1ccccc1. The molecule has 0 aliphatic carbocycles. The molecule has 2 aromatic carbocycles. The molecule has 136 valence electrons. The number of amides is 3. The third kappa shape index (κ3) is 7.23. The Morgan fingerprint density at radius 3 is 2.31 bits per heavy atom. The molecule has 8 heteroatoms. The van der Waals surface area contributed by atoms with Crippen LogP contribution < -0.4 is 15.4 Å². The van der Waals surface area contributed by atoms with Crippen LogP contribution in [0.2, 0.25) is 5.02 Å². The van der Waals surface area contributed by atoms with E-state index in [4.69, 9.17) is 21.1 Å². The Balaban J connectivity index is 1.62. The lowest BCUT2D eigenvalue weighted by Gasteiger charge is -2.08. The maximum atomic E-state index is 11.6. The molecule has 0 aromatic heterocycles. The predicted octanol–water partition coefficient (Wildman–Crippen LogP) is 2.29. The van der Waals surface area contributed by atoms with Crippen LogP contribution in [0.25, 0.3) is 0 Å². The average molecular weight is 377 g/mol. The van der Waals surface area contributed by atoms with Gasteiger partial charge in [-0.1, -0.05) is 41.9 Å². The Labute approximate surface area is 155 Å². The van der Waals surface area contributed by atoms with Crippen molar-refractivity contribution in [1.82, 2.24) is 10.6 Å². The van der Waals surface area contributed by atoms with Crippen LogP contribution in [0.15, 0.2) is 54.6 Å². The Kier molecular flexibility index (Phi) is 7.45. The summed E-state index contributed by atoms with van der Waals surface area (Å²) in [5, 5.41) is 5.13. The highest BCUT2D eigenvalue weighted by atomic mass is 35.5. The van der Waals surface area contributed by atoms with Gasteiger partial charge in [0.15, 0.2) is 13.2 Å². The molecular weight excluding hydrogens is 360 g/mol. The zero-order valence-electron chi connectivity index (χ0n) is 13.7. The van der Waals surface area contributed by atoms with Gasteiger partial charge in [-0.25, -0.2) is 9.59 Å². The van der Waals surface area contributed by atoms with Crippen molar-refractivity contribution in [1.29, 1.82) is 0 Å². The van der Waals surface area contributed by atoms with Gasteiger partial charge in [-0.05, 0) is 29.8 Å². The van der Waals surface area contributed by atoms with E-state index in [1.54, 1.807) is 24.3 Å². The van der Waals surface area contributed by atoms with E-state index in [0.29, 0.717) is 10.8 Å². The minimum Gasteiger partial charge on any atom is -0.482 e. The first-order valence-electron chi connectivity index (χ1n) is 7.68. The second kappa shape index (κ2) is 10.0. The summed E-state index contributed by atoms with van der Waals surface area (Å²) in [6.07, 6.45) is 0. The molecule has 0 bridgehead atoms. The summed E-state index contributed by atoms with van der Waals surface area (Å²) in [7, 11) is 0. The Morgan fingerprint density at radius 1 is 0.923 bits per heavy atom. The van der Waals surface area contributed by atoms with Gasteiger partial charge in [-0.2, -0.15) is 0 Å². The van der Waals surface area contributed by atoms with E-state index in [0.717, 1.165) is 5.56 Å². The van der Waals surface area contributed by atoms with E-state index in [1.807, 2.05) is 30.3 Å². The van der Waals surface area contributed by atoms with Crippen molar-refractivity contribution in [3.8, 4) is 5.75 Å². The van der Waals surface area contributed by atoms with Gasteiger partial charge in [0.1, 0.15) is 5.75 Å². The molecule has 2 aromatic rings. The van der Waals surface area contributed by atoms with Crippen molar-refractivity contribution in [3.05, 3.63) is 65.2 Å². The van der Waals surface area contributed by atoms with Crippen molar-refractivity contribution >= 4 is 29.5 Å². The molecule has 0 atom stereocenters. The van der Waals surface area contributed by atoms with E-state index >= 15 is 0 Å². The van der Waals surface area contributed by atoms with Crippen LogP contribution in [0.3, 0.4) is 0 Å². The molecule has 0 aliphatic heterocycles. The van der Waals surface area contributed by atoms with Gasteiger partial charge in [0.25, 0.3) is 5.91 Å². The molecule has 0 saturated heterocycles. The minimum absolute atomic E-state index is 0.272. The Hall–Kier alpha value is -3.06. The van der Waals surface area contributed by atoms with Crippen molar-refractivity contribution < 1.29 is 23.9 Å². The molecule has 2 rings (SSSR count). The molecule has 2 N–H and O–H groups in total. The number of imide groups is 1. The molecule has 0 saturated carbocycles. The molecule has 26 heavy (non-hydrogen) atoms. The largest absolute Gasteiger partial charge is 0.482 e. The fourth-order valence-electron chi connectivity index (χ4n) is 1.85. The molecule has 0 aliphatic rings. The summed E-state index contributed by atoms with van der Waals surface area (Å²) in [6, 6.07) is 15.0. The molecule has 0 radical (unpaired) electrons. The first-order valence-corrected chi connectivity index (χ1v) is 8.06. The van der Waals surface area contributed by atoms with Crippen LogP contribution in [-0.2, 0) is 20.9 Å². The number of rotatable bonds is 7. The summed E-state index contributed by atoms with van der Waals surface area (Å²) in [4.78, 5) is 34.7. The van der Waals surface area contributed by atoms with Crippen molar-refractivity contribution in [2.24, 2.45) is 0 Å². The van der Waals surface area contributed by atoms with Gasteiger partial charge in [0.2, 0.25) is 0 Å². The Morgan fingerprint density at radius 2 is 1.62 bits per heavy atom. The monoisotopic (exact) mass is 376 g/mol. The lowest BCUT2D eigenvalue weighted by molar-refractivity contribution is -0.150. The lowest BCUT2D eigenvalue weighted by atomic mass is 10.2. The van der Waals surface area contributed by atoms with Crippen LogP contribution in [0, 0.1) is 0 Å². The van der Waals surface area contributed by atoms with Crippen molar-refractivity contribution in [2.75, 3.05) is 13.2 Å². The number of hydrogen-bond acceptors (Lipinski definition) is 5. The number of ether oxygens (including phenoxy) is 2. The standard InChI is InChI=1S/C18H17ClN2O5/c19-14-6-8-15(9-7-14)25-12-17(23)26-11-16(22)21-18(24)20-10-13-4-2-1-3-5-13/h1-9H,10-12H2,(H2,20,21,22,24). The van der Waals surface area contributed by atoms with Crippen LogP contribution >= 0.6 is 11.6 Å². The minimum atomic E-state index is -0.740. The van der Waals surface area contributed by atoms with E-state index in [-0.39, 0.29) is 13.2 Å². The number of benzene rings is 2. The van der Waals surface area contributed by atoms with Crippen LogP contribution in [-0.4, -0.2) is 31.1 Å². The van der Waals surface area contributed by atoms with Crippen molar-refractivity contribution in [2.45, 2.75) is 6.54 Å². The molecule has 0 unspecified atom stereocenters. The maximum absolute atomic E-state index is 11.6. The van der Waals surface area contributed by atoms with E-state index in [1.165, 1.54) is 0 Å². The predicted molar refractivity (Wildman–Crippen MR) is 94.7 cm³/mol. The van der Waals surface area contributed by atoms with E-state index in [9.17, 15) is 14.4 Å². The zero-order chi connectivity index (χ0) is 18.8. The summed E-state index contributed by atoms with van der Waals surface area (Å²) in [5.41, 5.74) is 0.890. The maximum Gasteiger partial charge on any atom is 0.344 e. The lowest BCUT2D eigenvalue weighted by Crippen LogP contribution is -2.41. The number of carbonyl (C=O) groups is 3. The first-order chi connectivity index (χ1) is 12.5. The van der Waals surface area contributed by atoms with Crippen LogP contribution in [0.5, 0.6) is 5.75 Å². The molecule has 0 spiro atoms. The second-order valence-electron chi connectivity index (χ2n) is 5.12. The highest BCUT2D eigenvalue weighted by molar-refractivity contribution is 6.30. The first kappa shape index (κ1) is 19.3. The Bertz CT molecular complexity index is 750. The van der Waals surface area contributed by atoms with Crippen molar-refractivity contribution in [3.63, 3.8) is 0 Å². The second-order valence-corrected chi connectivity index (χ2v) is 5.56. The van der Waals surface area contributed by atoms with Gasteiger partial charge in [-0.15, -0.1) is 0 Å². The highest BCUT2D eigenvalue weighted by Crippen LogP contribution is 2.15. The van der Waals surface area contributed by atoms with E-state index in [2.05, 4.69) is 10.6 Å². The fourth-order valence-corrected chi connectivity index (χ4v) is 1.97. The molecule has 3 amide bonds. The highest BCUT2D eigenvalue weighted by Gasteiger charge is 2.11. The number of hydrogen-bond donors (Lipinski definition) is 2. The summed E-state index contributed by atoms with van der Waals surface area (Å²) in [6.45, 7) is -0.675. The average Bonchev–Trinajstić information content (AvgIpc) is 2.65. The molecular formula is C18H17ClN2O5. The topological polar surface area (TPSA) is 93.7 Å². The third-order valence-electron chi connectivity index (χ3n) is 3.08. The van der Waals surface area contributed by atoms with Crippen LogP contribution in [0.1, 0.15) is 5.56 Å². The number of carbonyl (C=O) groups excluding carboxylic acids is 3. The number of urea groups is 1. The fraction of sp³-hybridized carbons (Fsp3) is 0.167. The molecule has 0 fully saturated rings. The van der Waals surface area contributed by atoms with Gasteiger partial charge >= 0.3 is 12.0 Å². The smallest absolute Gasteiger partial charge is 0.344 e. The summed E-state index contributed by atoms with van der Waals surface area (Å²) in [5.74, 6) is -1.04. The van der Waals surface area contributed by atoms with Gasteiger partial charge in [0, 0.05) is 11.6 Å². The molecule has 0 heterocycles. The van der Waals surface area contributed by atoms with Gasteiger partial charge < -0.3 is 14.8 Å². The van der Waals surface area contributed by atoms with Gasteiger partial charge in [0.05, 0.1) is 0 Å². The zero-order valence-corrected chi connectivity index (χ0v) is 14.5. The van der Waals surface area contributed by atoms with E-state index < -0.39 is 24.5 Å². The number of esters is 1. The normalized spacial score (nSPS) is 9.88. The van der Waals surface area contributed by atoms with Gasteiger partial charge in [-0.3, -0.25) is 10.1 Å². The third-order valence-corrected chi connectivity index (χ3v) is 3.34. The number of halogens is 1. The quantitative estimate of drug-likeness (QED) is 0.723. The number of nitrogens with one attached hydrogen (secondary N) is 2.